The third kappa shape index (κ3) is 2.32. The van der Waals surface area contributed by atoms with Crippen molar-refractivity contribution < 1.29 is 23.5 Å². The van der Waals surface area contributed by atoms with Crippen LogP contribution in [-0.4, -0.2) is 17.5 Å². The molecule has 5 nitrogen and oxygen atoms in total. The molecule has 0 spiro atoms. The summed E-state index contributed by atoms with van der Waals surface area (Å²) >= 11 is 0. The third-order valence-electron chi connectivity index (χ3n) is 2.38. The zero-order chi connectivity index (χ0) is 11.5. The van der Waals surface area contributed by atoms with Gasteiger partial charge in [-0.25, -0.2) is 4.79 Å². The van der Waals surface area contributed by atoms with Gasteiger partial charge in [0.15, 0.2) is 0 Å². The van der Waals surface area contributed by atoms with Crippen LogP contribution in [0.2, 0.25) is 0 Å². The van der Waals surface area contributed by atoms with Crippen molar-refractivity contribution in [3.05, 3.63) is 35.4 Å². The number of esters is 1. The van der Waals surface area contributed by atoms with E-state index in [9.17, 15) is 9.36 Å². The maximum atomic E-state index is 11.4. The summed E-state index contributed by atoms with van der Waals surface area (Å²) in [6.07, 6.45) is 0.0183. The second kappa shape index (κ2) is 4.78. The molecule has 1 aliphatic heterocycles. The van der Waals surface area contributed by atoms with Gasteiger partial charge >= 0.3 is 14.2 Å². The molecule has 2 rings (SSSR count). The Morgan fingerprint density at radius 1 is 1.44 bits per heavy atom. The second-order valence-corrected chi connectivity index (χ2v) is 4.20. The molecule has 16 heavy (non-hydrogen) atoms. The van der Waals surface area contributed by atoms with E-state index < -0.39 is 8.25 Å². The molecule has 0 radical (unpaired) electrons. The summed E-state index contributed by atoms with van der Waals surface area (Å²) < 4.78 is 20.0. The smallest absolute Gasteiger partial charge is 0.339 e. The van der Waals surface area contributed by atoms with Gasteiger partial charge < -0.3 is 14.2 Å². The van der Waals surface area contributed by atoms with Crippen molar-refractivity contribution in [3.8, 4) is 0 Å². The minimum absolute atomic E-state index is 0.0978. The van der Waals surface area contributed by atoms with E-state index in [4.69, 9.17) is 9.63 Å². The first-order chi connectivity index (χ1) is 7.68. The number of hydrogen-bond donors (Lipinski definition) is 1. The van der Waals surface area contributed by atoms with Crippen LogP contribution < -0.4 is 0 Å². The fourth-order valence-corrected chi connectivity index (χ4v) is 1.98. The van der Waals surface area contributed by atoms with Crippen molar-refractivity contribution in [2.24, 2.45) is 0 Å². The van der Waals surface area contributed by atoms with Gasteiger partial charge in [0, 0.05) is 12.0 Å². The maximum Gasteiger partial charge on any atom is 0.339 e. The lowest BCUT2D eigenvalue weighted by atomic mass is 10.0. The molecule has 6 heteroatoms. The Kier molecular flexibility index (Phi) is 3.39. The zero-order valence-electron chi connectivity index (χ0n) is 8.38. The van der Waals surface area contributed by atoms with Gasteiger partial charge in [0.05, 0.1) is 12.2 Å². The summed E-state index contributed by atoms with van der Waals surface area (Å²) in [7, 11) is -2.91. The molecule has 1 aromatic carbocycles. The van der Waals surface area contributed by atoms with E-state index in [2.05, 4.69) is 4.52 Å². The van der Waals surface area contributed by atoms with Crippen molar-refractivity contribution in [2.75, 3.05) is 6.61 Å². The Balaban J connectivity index is 2.03. The molecule has 0 aromatic heterocycles. The van der Waals surface area contributed by atoms with Gasteiger partial charge in [-0.3, -0.25) is 4.57 Å². The topological polar surface area (TPSA) is 72.8 Å². The molecule has 0 fully saturated rings. The van der Waals surface area contributed by atoms with Gasteiger partial charge in [0.2, 0.25) is 0 Å². The molecule has 86 valence electrons. The monoisotopic (exact) mass is 242 g/mol. The molecule has 2 atom stereocenters. The molecule has 1 heterocycles. The highest BCUT2D eigenvalue weighted by atomic mass is 31.1. The molecule has 0 bridgehead atoms. The van der Waals surface area contributed by atoms with Gasteiger partial charge in [0.1, 0.15) is 6.10 Å². The number of carbonyl (C=O) groups is 1. The number of hydrogen-bond acceptors (Lipinski definition) is 4. The van der Waals surface area contributed by atoms with Gasteiger partial charge in [-0.15, -0.1) is 0 Å². The van der Waals surface area contributed by atoms with Crippen LogP contribution in [-0.2, 0) is 13.8 Å². The number of cyclic esters (lactones) is 1. The number of ether oxygens (including phenoxy) is 1. The maximum absolute atomic E-state index is 11.4. The second-order valence-electron chi connectivity index (χ2n) is 3.38. The van der Waals surface area contributed by atoms with Crippen LogP contribution in [0.4, 0.5) is 0 Å². The summed E-state index contributed by atoms with van der Waals surface area (Å²) in [6, 6.07) is 7.11. The fourth-order valence-electron chi connectivity index (χ4n) is 1.69. The molecular weight excluding hydrogens is 231 g/mol. The summed E-state index contributed by atoms with van der Waals surface area (Å²) in [5, 5.41) is 0. The highest BCUT2D eigenvalue weighted by Crippen LogP contribution is 2.33. The van der Waals surface area contributed by atoms with Crippen LogP contribution in [0.25, 0.3) is 0 Å². The highest BCUT2D eigenvalue weighted by molar-refractivity contribution is 7.32. The van der Waals surface area contributed by atoms with E-state index in [0.717, 1.165) is 5.56 Å². The van der Waals surface area contributed by atoms with E-state index in [1.807, 2.05) is 12.1 Å². The van der Waals surface area contributed by atoms with E-state index >= 15 is 0 Å². The highest BCUT2D eigenvalue weighted by Gasteiger charge is 2.29. The van der Waals surface area contributed by atoms with Crippen LogP contribution in [0.1, 0.15) is 28.4 Å². The summed E-state index contributed by atoms with van der Waals surface area (Å²) in [4.78, 5) is 19.9. The molecule has 0 saturated carbocycles. The summed E-state index contributed by atoms with van der Waals surface area (Å²) in [5.41, 5.74) is 1.37. The summed E-state index contributed by atoms with van der Waals surface area (Å²) in [6.45, 7) is 0.0978. The SMILES string of the molecule is O=C1OC(CCO[PH](=O)O)c2ccccc21. The van der Waals surface area contributed by atoms with Crippen LogP contribution in [0, 0.1) is 0 Å². The first-order valence-corrected chi connectivity index (χ1v) is 6.10. The molecule has 0 amide bonds. The van der Waals surface area contributed by atoms with Crippen molar-refractivity contribution >= 4 is 14.2 Å². The first-order valence-electron chi connectivity index (χ1n) is 4.84. The largest absolute Gasteiger partial charge is 0.454 e. The average molecular weight is 242 g/mol. The lowest BCUT2D eigenvalue weighted by Gasteiger charge is -2.09. The Morgan fingerprint density at radius 3 is 2.94 bits per heavy atom. The Hall–Kier alpha value is -1.16. The number of fused-ring (bicyclic) bond motifs is 1. The molecule has 0 aliphatic carbocycles. The molecule has 1 aliphatic rings. The fraction of sp³-hybridized carbons (Fsp3) is 0.300. The van der Waals surface area contributed by atoms with Crippen molar-refractivity contribution in [2.45, 2.75) is 12.5 Å². The molecular formula is C10H11O5P. The third-order valence-corrected chi connectivity index (χ3v) is 2.83. The van der Waals surface area contributed by atoms with E-state index in [1.165, 1.54) is 0 Å². The Bertz CT molecular complexity index is 431. The van der Waals surface area contributed by atoms with Gasteiger partial charge in [-0.05, 0) is 6.07 Å². The normalized spacial score (nSPS) is 20.3. The average Bonchev–Trinajstić information content (AvgIpc) is 2.57. The van der Waals surface area contributed by atoms with Crippen molar-refractivity contribution in [3.63, 3.8) is 0 Å². The molecule has 1 aromatic rings. The molecule has 0 saturated heterocycles. The Morgan fingerprint density at radius 2 is 2.19 bits per heavy atom. The van der Waals surface area contributed by atoms with E-state index in [-0.39, 0.29) is 18.7 Å². The van der Waals surface area contributed by atoms with Crippen molar-refractivity contribution in [1.29, 1.82) is 0 Å². The lowest BCUT2D eigenvalue weighted by Crippen LogP contribution is -2.01. The van der Waals surface area contributed by atoms with E-state index in [1.54, 1.807) is 12.1 Å². The van der Waals surface area contributed by atoms with Crippen molar-refractivity contribution in [1.82, 2.24) is 0 Å². The van der Waals surface area contributed by atoms with Crippen LogP contribution in [0.15, 0.2) is 24.3 Å². The Labute approximate surface area is 92.9 Å². The van der Waals surface area contributed by atoms with Crippen LogP contribution in [0.5, 0.6) is 0 Å². The predicted molar refractivity (Wildman–Crippen MR) is 56.4 cm³/mol. The molecule has 2 unspecified atom stereocenters. The quantitative estimate of drug-likeness (QED) is 0.642. The minimum atomic E-state index is -2.91. The first kappa shape index (κ1) is 11.3. The van der Waals surface area contributed by atoms with Gasteiger partial charge in [0.25, 0.3) is 0 Å². The zero-order valence-corrected chi connectivity index (χ0v) is 9.38. The molecule has 1 N–H and O–H groups in total. The van der Waals surface area contributed by atoms with E-state index in [0.29, 0.717) is 12.0 Å². The van der Waals surface area contributed by atoms with Crippen LogP contribution >= 0.6 is 8.25 Å². The number of benzene rings is 1. The van der Waals surface area contributed by atoms with Crippen LogP contribution in [0.3, 0.4) is 0 Å². The van der Waals surface area contributed by atoms with Gasteiger partial charge in [-0.1, -0.05) is 18.2 Å². The lowest BCUT2D eigenvalue weighted by molar-refractivity contribution is 0.0340. The summed E-state index contributed by atoms with van der Waals surface area (Å²) in [5.74, 6) is -0.350. The van der Waals surface area contributed by atoms with Gasteiger partial charge in [-0.2, -0.15) is 0 Å². The predicted octanol–water partition coefficient (Wildman–Crippen LogP) is 1.69. The number of carbonyl (C=O) groups excluding carboxylic acids is 1. The minimum Gasteiger partial charge on any atom is -0.454 e. The number of rotatable bonds is 4. The standard InChI is InChI=1S/C10H11O5P/c11-10-8-4-2-1-3-7(8)9(15-10)5-6-14-16(12)13/h1-4,9,16H,5-6H2,(H,12,13).